The van der Waals surface area contributed by atoms with E-state index in [9.17, 15) is 0 Å². The van der Waals surface area contributed by atoms with E-state index >= 15 is 0 Å². The smallest absolute Gasteiger partial charge is 0.0572 e. The molecule has 1 aromatic carbocycles. The molecule has 82 valence electrons. The standard InChI is InChI=1S/C12H18N2O/c1-14-8-12(9-14)11-5-3-4-10(6-11)7-13-15-2/h3-6,12-13H,7-9H2,1-2H3. The van der Waals surface area contributed by atoms with Crippen LogP contribution in [0, 0.1) is 0 Å². The number of likely N-dealkylation sites (tertiary alicyclic amines) is 1. The van der Waals surface area contributed by atoms with Gasteiger partial charge in [-0.1, -0.05) is 24.3 Å². The number of nitrogens with zero attached hydrogens (tertiary/aromatic N) is 1. The lowest BCUT2D eigenvalue weighted by atomic mass is 9.91. The SMILES string of the molecule is CONCc1cccc(C2CN(C)C2)c1. The van der Waals surface area contributed by atoms with Crippen LogP contribution in [0.15, 0.2) is 24.3 Å². The second-order valence-electron chi connectivity index (χ2n) is 4.19. The Morgan fingerprint density at radius 3 is 2.93 bits per heavy atom. The minimum atomic E-state index is 0.720. The third-order valence-electron chi connectivity index (χ3n) is 2.91. The molecule has 15 heavy (non-hydrogen) atoms. The summed E-state index contributed by atoms with van der Waals surface area (Å²) in [6, 6.07) is 8.73. The Morgan fingerprint density at radius 1 is 1.47 bits per heavy atom. The van der Waals surface area contributed by atoms with Crippen LogP contribution < -0.4 is 5.48 Å². The molecule has 1 aliphatic rings. The third kappa shape index (κ3) is 2.56. The molecule has 0 saturated carbocycles. The lowest BCUT2D eigenvalue weighted by Crippen LogP contribution is -2.41. The van der Waals surface area contributed by atoms with Crippen molar-refractivity contribution >= 4 is 0 Å². The van der Waals surface area contributed by atoms with Crippen LogP contribution in [-0.2, 0) is 11.4 Å². The van der Waals surface area contributed by atoms with Crippen molar-refractivity contribution in [1.29, 1.82) is 0 Å². The molecular formula is C12H18N2O. The number of nitrogens with one attached hydrogen (secondary N) is 1. The van der Waals surface area contributed by atoms with Gasteiger partial charge in [0.1, 0.15) is 0 Å². The summed E-state index contributed by atoms with van der Waals surface area (Å²) in [6.45, 7) is 3.13. The van der Waals surface area contributed by atoms with Gasteiger partial charge in [-0.2, -0.15) is 5.48 Å². The molecule has 0 aromatic heterocycles. The predicted molar refractivity (Wildman–Crippen MR) is 60.5 cm³/mol. The highest BCUT2D eigenvalue weighted by Gasteiger charge is 2.24. The maximum atomic E-state index is 4.85. The summed E-state index contributed by atoms with van der Waals surface area (Å²) in [7, 11) is 3.80. The van der Waals surface area contributed by atoms with Crippen LogP contribution in [-0.4, -0.2) is 32.1 Å². The molecule has 3 heteroatoms. The van der Waals surface area contributed by atoms with Crippen LogP contribution >= 0.6 is 0 Å². The van der Waals surface area contributed by atoms with Crippen LogP contribution in [0.5, 0.6) is 0 Å². The van der Waals surface area contributed by atoms with Gasteiger partial charge in [-0.25, -0.2) is 0 Å². The van der Waals surface area contributed by atoms with E-state index in [1.807, 2.05) is 0 Å². The van der Waals surface area contributed by atoms with Gasteiger partial charge in [0.25, 0.3) is 0 Å². The first kappa shape index (κ1) is 10.6. The molecule has 1 N–H and O–H groups in total. The van der Waals surface area contributed by atoms with Crippen molar-refractivity contribution in [3.05, 3.63) is 35.4 Å². The van der Waals surface area contributed by atoms with Crippen molar-refractivity contribution < 1.29 is 4.84 Å². The number of hydroxylamine groups is 1. The summed E-state index contributed by atoms with van der Waals surface area (Å²) in [5.41, 5.74) is 5.59. The van der Waals surface area contributed by atoms with Gasteiger partial charge in [0.05, 0.1) is 7.11 Å². The maximum absolute atomic E-state index is 4.85. The van der Waals surface area contributed by atoms with Crippen molar-refractivity contribution in [2.24, 2.45) is 0 Å². The van der Waals surface area contributed by atoms with Crippen molar-refractivity contribution in [1.82, 2.24) is 10.4 Å². The van der Waals surface area contributed by atoms with E-state index in [1.54, 1.807) is 7.11 Å². The molecule has 1 aromatic rings. The first-order chi connectivity index (χ1) is 7.29. The van der Waals surface area contributed by atoms with E-state index in [4.69, 9.17) is 4.84 Å². The van der Waals surface area contributed by atoms with Gasteiger partial charge < -0.3 is 9.74 Å². The Labute approximate surface area is 91.0 Å². The lowest BCUT2D eigenvalue weighted by Gasteiger charge is -2.36. The zero-order chi connectivity index (χ0) is 10.7. The van der Waals surface area contributed by atoms with E-state index in [0.717, 1.165) is 12.5 Å². The largest absolute Gasteiger partial charge is 0.305 e. The number of rotatable bonds is 4. The molecule has 3 nitrogen and oxygen atoms in total. The van der Waals surface area contributed by atoms with E-state index in [-0.39, 0.29) is 0 Å². The molecule has 0 aliphatic carbocycles. The van der Waals surface area contributed by atoms with E-state index < -0.39 is 0 Å². The fourth-order valence-corrected chi connectivity index (χ4v) is 2.02. The molecule has 2 rings (SSSR count). The van der Waals surface area contributed by atoms with Crippen LogP contribution in [0.1, 0.15) is 17.0 Å². The average Bonchev–Trinajstić information content (AvgIpc) is 2.22. The van der Waals surface area contributed by atoms with E-state index in [0.29, 0.717) is 0 Å². The summed E-state index contributed by atoms with van der Waals surface area (Å²) in [4.78, 5) is 7.18. The second kappa shape index (κ2) is 4.75. The third-order valence-corrected chi connectivity index (χ3v) is 2.91. The van der Waals surface area contributed by atoms with Crippen LogP contribution in [0.4, 0.5) is 0 Å². The monoisotopic (exact) mass is 206 g/mol. The Hall–Kier alpha value is -0.900. The number of hydrogen-bond acceptors (Lipinski definition) is 3. The second-order valence-corrected chi connectivity index (χ2v) is 4.19. The van der Waals surface area contributed by atoms with Crippen molar-refractivity contribution in [2.75, 3.05) is 27.2 Å². The fourth-order valence-electron chi connectivity index (χ4n) is 2.02. The normalized spacial score (nSPS) is 17.7. The highest BCUT2D eigenvalue weighted by atomic mass is 16.6. The Kier molecular flexibility index (Phi) is 3.36. The quantitative estimate of drug-likeness (QED) is 0.753. The predicted octanol–water partition coefficient (Wildman–Crippen LogP) is 1.37. The minimum Gasteiger partial charge on any atom is -0.305 e. The van der Waals surface area contributed by atoms with Gasteiger partial charge in [-0.05, 0) is 18.2 Å². The summed E-state index contributed by atoms with van der Waals surface area (Å²) in [5.74, 6) is 0.720. The van der Waals surface area contributed by atoms with Crippen molar-refractivity contribution in [3.63, 3.8) is 0 Å². The van der Waals surface area contributed by atoms with Gasteiger partial charge >= 0.3 is 0 Å². The molecule has 0 unspecified atom stereocenters. The highest BCUT2D eigenvalue weighted by molar-refractivity contribution is 5.28. The summed E-state index contributed by atoms with van der Waals surface area (Å²) < 4.78 is 0. The molecule has 1 saturated heterocycles. The first-order valence-electron chi connectivity index (χ1n) is 5.33. The van der Waals surface area contributed by atoms with Crippen molar-refractivity contribution in [2.45, 2.75) is 12.5 Å². The average molecular weight is 206 g/mol. The molecule has 0 amide bonds. The van der Waals surface area contributed by atoms with E-state index in [1.165, 1.54) is 24.2 Å². The van der Waals surface area contributed by atoms with Gasteiger partial charge in [0.15, 0.2) is 0 Å². The molecule has 0 radical (unpaired) electrons. The van der Waals surface area contributed by atoms with E-state index in [2.05, 4.69) is 41.7 Å². The molecular weight excluding hydrogens is 188 g/mol. The number of hydrogen-bond donors (Lipinski definition) is 1. The minimum absolute atomic E-state index is 0.720. The maximum Gasteiger partial charge on any atom is 0.0572 e. The molecule has 1 aliphatic heterocycles. The fraction of sp³-hybridized carbons (Fsp3) is 0.500. The van der Waals surface area contributed by atoms with Crippen molar-refractivity contribution in [3.8, 4) is 0 Å². The van der Waals surface area contributed by atoms with Crippen LogP contribution in [0.2, 0.25) is 0 Å². The van der Waals surface area contributed by atoms with Gasteiger partial charge in [0, 0.05) is 25.6 Å². The van der Waals surface area contributed by atoms with Gasteiger partial charge in [0.2, 0.25) is 0 Å². The highest BCUT2D eigenvalue weighted by Crippen LogP contribution is 2.25. The summed E-state index contributed by atoms with van der Waals surface area (Å²) in [6.07, 6.45) is 0. The van der Waals surface area contributed by atoms with Gasteiger partial charge in [-0.3, -0.25) is 0 Å². The molecule has 1 heterocycles. The van der Waals surface area contributed by atoms with Crippen LogP contribution in [0.3, 0.4) is 0 Å². The molecule has 0 spiro atoms. The van der Waals surface area contributed by atoms with Crippen LogP contribution in [0.25, 0.3) is 0 Å². The first-order valence-corrected chi connectivity index (χ1v) is 5.33. The molecule has 0 atom stereocenters. The zero-order valence-electron chi connectivity index (χ0n) is 9.36. The lowest BCUT2D eigenvalue weighted by molar-refractivity contribution is 0.0866. The number of likely N-dealkylation sites (N-methyl/N-ethyl adjacent to an activating group) is 1. The molecule has 0 bridgehead atoms. The molecule has 1 fully saturated rings. The topological polar surface area (TPSA) is 24.5 Å². The summed E-state index contributed by atoms with van der Waals surface area (Å²) >= 11 is 0. The Bertz CT molecular complexity index is 321. The summed E-state index contributed by atoms with van der Waals surface area (Å²) in [5, 5.41) is 0. The number of benzene rings is 1. The Balaban J connectivity index is 1.99. The Morgan fingerprint density at radius 2 is 2.27 bits per heavy atom. The zero-order valence-corrected chi connectivity index (χ0v) is 9.36. The van der Waals surface area contributed by atoms with Gasteiger partial charge in [-0.15, -0.1) is 0 Å².